The Balaban J connectivity index is 1.73. The molecule has 158 valence electrons. The molecule has 1 aliphatic heterocycles. The van der Waals surface area contributed by atoms with E-state index in [1.165, 1.54) is 11.8 Å². The molecular weight excluding hydrogens is 408 g/mol. The molecule has 1 aliphatic rings. The first-order chi connectivity index (χ1) is 13.8. The van der Waals surface area contributed by atoms with E-state index in [1.54, 1.807) is 4.90 Å². The van der Waals surface area contributed by atoms with Crippen LogP contribution >= 0.6 is 11.8 Å². The highest BCUT2D eigenvalue weighted by Crippen LogP contribution is 2.26. The fourth-order valence-electron chi connectivity index (χ4n) is 3.69. The molecule has 0 radical (unpaired) electrons. The van der Waals surface area contributed by atoms with Gasteiger partial charge in [-0.2, -0.15) is 0 Å². The van der Waals surface area contributed by atoms with Gasteiger partial charge in [-0.1, -0.05) is 42.4 Å². The number of benzene rings is 1. The Kier molecular flexibility index (Phi) is 7.00. The molecule has 1 aromatic carbocycles. The van der Waals surface area contributed by atoms with Gasteiger partial charge in [0.15, 0.2) is 20.8 Å². The van der Waals surface area contributed by atoms with E-state index in [2.05, 4.69) is 27.8 Å². The van der Waals surface area contributed by atoms with E-state index < -0.39 is 9.84 Å². The van der Waals surface area contributed by atoms with E-state index in [4.69, 9.17) is 0 Å². The Hall–Kier alpha value is -1.87. The summed E-state index contributed by atoms with van der Waals surface area (Å²) in [5.74, 6) is 1.21. The van der Waals surface area contributed by atoms with Crippen LogP contribution in [-0.2, 0) is 21.2 Å². The van der Waals surface area contributed by atoms with E-state index in [1.807, 2.05) is 32.0 Å². The molecule has 1 saturated heterocycles. The van der Waals surface area contributed by atoms with Gasteiger partial charge < -0.3 is 9.47 Å². The number of thioether (sulfide) groups is 1. The number of hydrogen-bond donors (Lipinski definition) is 0. The van der Waals surface area contributed by atoms with Crippen molar-refractivity contribution in [2.45, 2.75) is 51.4 Å². The topological polar surface area (TPSA) is 85.2 Å². The van der Waals surface area contributed by atoms with Crippen LogP contribution in [0.4, 0.5) is 0 Å². The Bertz CT molecular complexity index is 972. The largest absolute Gasteiger partial charge is 0.338 e. The second-order valence-electron chi connectivity index (χ2n) is 7.35. The number of carbonyl (C=O) groups is 1. The van der Waals surface area contributed by atoms with Gasteiger partial charge >= 0.3 is 0 Å². The van der Waals surface area contributed by atoms with Crippen molar-refractivity contribution in [2.24, 2.45) is 0 Å². The fourth-order valence-corrected chi connectivity index (χ4v) is 6.27. The van der Waals surface area contributed by atoms with Crippen LogP contribution in [0.3, 0.4) is 0 Å². The minimum Gasteiger partial charge on any atom is -0.338 e. The van der Waals surface area contributed by atoms with Crippen LogP contribution in [-0.4, -0.2) is 63.8 Å². The third-order valence-corrected chi connectivity index (χ3v) is 7.78. The zero-order valence-electron chi connectivity index (χ0n) is 17.2. The number of amides is 1. The summed E-state index contributed by atoms with van der Waals surface area (Å²) in [5, 5.41) is 9.42. The van der Waals surface area contributed by atoms with Crippen molar-refractivity contribution in [3.8, 4) is 11.4 Å². The molecule has 7 nitrogen and oxygen atoms in total. The molecule has 29 heavy (non-hydrogen) atoms. The van der Waals surface area contributed by atoms with E-state index in [9.17, 15) is 13.2 Å². The van der Waals surface area contributed by atoms with Crippen molar-refractivity contribution in [2.75, 3.05) is 23.8 Å². The third kappa shape index (κ3) is 5.19. The molecule has 2 aromatic rings. The van der Waals surface area contributed by atoms with Crippen LogP contribution < -0.4 is 0 Å². The molecular formula is C20H28N4O3S2. The molecule has 0 saturated carbocycles. The molecule has 1 unspecified atom stereocenters. The molecule has 9 heteroatoms. The molecule has 1 atom stereocenters. The predicted octanol–water partition coefficient (Wildman–Crippen LogP) is 2.79. The number of nitrogens with zero attached hydrogens (tertiary/aromatic N) is 4. The molecule has 3 rings (SSSR count). The van der Waals surface area contributed by atoms with E-state index in [-0.39, 0.29) is 29.2 Å². The van der Waals surface area contributed by atoms with Crippen molar-refractivity contribution in [1.29, 1.82) is 0 Å². The molecule has 1 amide bonds. The van der Waals surface area contributed by atoms with Crippen molar-refractivity contribution >= 4 is 27.5 Å². The Morgan fingerprint density at radius 1 is 1.31 bits per heavy atom. The van der Waals surface area contributed by atoms with Crippen molar-refractivity contribution in [3.05, 3.63) is 29.8 Å². The Morgan fingerprint density at radius 2 is 2.10 bits per heavy atom. The predicted molar refractivity (Wildman–Crippen MR) is 116 cm³/mol. The standard InChI is InChI=1S/C20H28N4O3S2/c1-4-10-24-19(16-8-6-7-15(3)12-16)21-22-20(24)28-13-18(25)23(5-2)17-9-11-29(26,27)14-17/h6-8,12,17H,4-5,9-11,13-14H2,1-3H3. The molecule has 0 spiro atoms. The molecule has 1 aromatic heterocycles. The van der Waals surface area contributed by atoms with Crippen LogP contribution in [0.5, 0.6) is 0 Å². The van der Waals surface area contributed by atoms with Gasteiger partial charge in [0, 0.05) is 24.7 Å². The molecule has 2 heterocycles. The molecule has 0 aliphatic carbocycles. The lowest BCUT2D eigenvalue weighted by Crippen LogP contribution is -2.42. The summed E-state index contributed by atoms with van der Waals surface area (Å²) in [5.41, 5.74) is 2.17. The molecule has 1 fully saturated rings. The lowest BCUT2D eigenvalue weighted by atomic mass is 10.1. The van der Waals surface area contributed by atoms with Gasteiger partial charge in [0.1, 0.15) is 0 Å². The average molecular weight is 437 g/mol. The van der Waals surface area contributed by atoms with Crippen LogP contribution in [0, 0.1) is 6.92 Å². The van der Waals surface area contributed by atoms with Gasteiger partial charge in [-0.15, -0.1) is 10.2 Å². The zero-order valence-corrected chi connectivity index (χ0v) is 18.8. The van der Waals surface area contributed by atoms with Gasteiger partial charge in [0.05, 0.1) is 17.3 Å². The van der Waals surface area contributed by atoms with E-state index in [0.29, 0.717) is 18.1 Å². The number of hydrogen-bond acceptors (Lipinski definition) is 6. The van der Waals surface area contributed by atoms with Crippen LogP contribution in [0.25, 0.3) is 11.4 Å². The maximum atomic E-state index is 12.8. The quantitative estimate of drug-likeness (QED) is 0.592. The first kappa shape index (κ1) is 21.8. The summed E-state index contributed by atoms with van der Waals surface area (Å²) in [6.07, 6.45) is 1.45. The van der Waals surface area contributed by atoms with Crippen LogP contribution in [0.2, 0.25) is 0 Å². The maximum Gasteiger partial charge on any atom is 0.233 e. The van der Waals surface area contributed by atoms with Crippen molar-refractivity contribution < 1.29 is 13.2 Å². The van der Waals surface area contributed by atoms with E-state index in [0.717, 1.165) is 29.9 Å². The monoisotopic (exact) mass is 436 g/mol. The maximum absolute atomic E-state index is 12.8. The van der Waals surface area contributed by atoms with Gasteiger partial charge in [-0.25, -0.2) is 8.42 Å². The van der Waals surface area contributed by atoms with Crippen LogP contribution in [0.1, 0.15) is 32.3 Å². The summed E-state index contributed by atoms with van der Waals surface area (Å²) in [7, 11) is -3.02. The summed E-state index contributed by atoms with van der Waals surface area (Å²) in [4.78, 5) is 14.5. The van der Waals surface area contributed by atoms with Gasteiger partial charge in [0.25, 0.3) is 0 Å². The highest BCUT2D eigenvalue weighted by molar-refractivity contribution is 7.99. The lowest BCUT2D eigenvalue weighted by molar-refractivity contribution is -0.129. The minimum atomic E-state index is -3.02. The zero-order chi connectivity index (χ0) is 21.0. The van der Waals surface area contributed by atoms with Crippen LogP contribution in [0.15, 0.2) is 29.4 Å². The van der Waals surface area contributed by atoms with Gasteiger partial charge in [-0.05, 0) is 32.8 Å². The number of aromatic nitrogens is 3. The van der Waals surface area contributed by atoms with Gasteiger partial charge in [0.2, 0.25) is 5.91 Å². The summed E-state index contributed by atoms with van der Waals surface area (Å²) in [6.45, 7) is 7.31. The normalized spacial score (nSPS) is 18.1. The smallest absolute Gasteiger partial charge is 0.233 e. The van der Waals surface area contributed by atoms with Gasteiger partial charge in [-0.3, -0.25) is 4.79 Å². The van der Waals surface area contributed by atoms with Crippen molar-refractivity contribution in [1.82, 2.24) is 19.7 Å². The Morgan fingerprint density at radius 3 is 2.72 bits per heavy atom. The fraction of sp³-hybridized carbons (Fsp3) is 0.550. The Labute approximate surface area is 176 Å². The first-order valence-corrected chi connectivity index (χ1v) is 12.8. The van der Waals surface area contributed by atoms with E-state index >= 15 is 0 Å². The summed E-state index contributed by atoms with van der Waals surface area (Å²) >= 11 is 1.37. The average Bonchev–Trinajstić information content (AvgIpc) is 3.24. The minimum absolute atomic E-state index is 0.0530. The number of sulfone groups is 1. The first-order valence-electron chi connectivity index (χ1n) is 9.97. The second-order valence-corrected chi connectivity index (χ2v) is 10.5. The number of aryl methyl sites for hydroxylation is 1. The number of carbonyl (C=O) groups excluding carboxylic acids is 1. The molecule has 0 N–H and O–H groups in total. The lowest BCUT2D eigenvalue weighted by Gasteiger charge is -2.26. The van der Waals surface area contributed by atoms with Crippen molar-refractivity contribution in [3.63, 3.8) is 0 Å². The highest BCUT2D eigenvalue weighted by Gasteiger charge is 2.34. The summed E-state index contributed by atoms with van der Waals surface area (Å²) in [6, 6.07) is 7.92. The summed E-state index contributed by atoms with van der Waals surface area (Å²) < 4.78 is 25.6. The SMILES string of the molecule is CCCn1c(SCC(=O)N(CC)C2CCS(=O)(=O)C2)nnc1-c1cccc(C)c1. The molecule has 0 bridgehead atoms. The third-order valence-electron chi connectivity index (χ3n) is 5.08. The highest BCUT2D eigenvalue weighted by atomic mass is 32.2. The second kappa shape index (κ2) is 9.30. The number of rotatable bonds is 8.